The van der Waals surface area contributed by atoms with Crippen LogP contribution in [0.25, 0.3) is 0 Å². The molecule has 0 saturated heterocycles. The van der Waals surface area contributed by atoms with Crippen molar-refractivity contribution in [1.29, 1.82) is 0 Å². The van der Waals surface area contributed by atoms with Gasteiger partial charge in [0.1, 0.15) is 0 Å². The van der Waals surface area contributed by atoms with Gasteiger partial charge in [-0.05, 0) is 36.0 Å². The van der Waals surface area contributed by atoms with E-state index in [2.05, 4.69) is 11.9 Å². The second-order valence-electron chi connectivity index (χ2n) is 6.43. The molecule has 22 heavy (non-hydrogen) atoms. The Hall–Kier alpha value is -2.10. The number of esters is 1. The van der Waals surface area contributed by atoms with Crippen LogP contribution in [0.1, 0.15) is 33.1 Å². The fraction of sp³-hybridized carbons (Fsp3) is 0.444. The molecule has 1 amide bonds. The van der Waals surface area contributed by atoms with E-state index < -0.39 is 11.4 Å². The molecule has 1 aromatic rings. The molecule has 0 spiro atoms. The van der Waals surface area contributed by atoms with E-state index in [1.165, 1.54) is 7.11 Å². The van der Waals surface area contributed by atoms with Crippen molar-refractivity contribution in [3.63, 3.8) is 0 Å². The minimum atomic E-state index is -1.31. The summed E-state index contributed by atoms with van der Waals surface area (Å²) >= 11 is 0. The average Bonchev–Trinajstić information content (AvgIpc) is 2.50. The van der Waals surface area contributed by atoms with E-state index in [0.717, 1.165) is 12.8 Å². The predicted octanol–water partition coefficient (Wildman–Crippen LogP) is 3.55. The van der Waals surface area contributed by atoms with Crippen molar-refractivity contribution in [3.05, 3.63) is 42.5 Å². The second kappa shape index (κ2) is 5.95. The lowest BCUT2D eigenvalue weighted by atomic mass is 9.59. The van der Waals surface area contributed by atoms with Gasteiger partial charge in [0, 0.05) is 5.69 Å². The molecule has 0 heterocycles. The fourth-order valence-corrected chi connectivity index (χ4v) is 3.18. The topological polar surface area (TPSA) is 55.4 Å². The molecule has 1 aromatic carbocycles. The Labute approximate surface area is 131 Å². The molecule has 0 aromatic heterocycles. The molecular weight excluding hydrogens is 278 g/mol. The van der Waals surface area contributed by atoms with E-state index in [9.17, 15) is 9.59 Å². The zero-order valence-corrected chi connectivity index (χ0v) is 13.4. The van der Waals surface area contributed by atoms with Crippen LogP contribution in [-0.4, -0.2) is 19.0 Å². The van der Waals surface area contributed by atoms with Crippen LogP contribution in [0.15, 0.2) is 42.5 Å². The highest BCUT2D eigenvalue weighted by molar-refractivity contribution is 6.11. The van der Waals surface area contributed by atoms with Crippen LogP contribution < -0.4 is 5.32 Å². The van der Waals surface area contributed by atoms with Crippen molar-refractivity contribution in [3.8, 4) is 0 Å². The maximum atomic E-state index is 12.9. The summed E-state index contributed by atoms with van der Waals surface area (Å²) in [4.78, 5) is 25.4. The van der Waals surface area contributed by atoms with Crippen LogP contribution in [0.5, 0.6) is 0 Å². The molecule has 0 unspecified atom stereocenters. The van der Waals surface area contributed by atoms with Crippen molar-refractivity contribution in [2.75, 3.05) is 12.4 Å². The minimum absolute atomic E-state index is 0.277. The third-order valence-corrected chi connectivity index (χ3v) is 4.64. The summed E-state index contributed by atoms with van der Waals surface area (Å²) in [5, 5.41) is 2.84. The number of methoxy groups -OCH3 is 1. The van der Waals surface area contributed by atoms with E-state index >= 15 is 0 Å². The third kappa shape index (κ3) is 2.65. The molecule has 4 heteroatoms. The number of carbonyl (C=O) groups is 2. The van der Waals surface area contributed by atoms with Crippen molar-refractivity contribution in [1.82, 2.24) is 0 Å². The lowest BCUT2D eigenvalue weighted by molar-refractivity contribution is -0.157. The Morgan fingerprint density at radius 1 is 1.18 bits per heavy atom. The predicted molar refractivity (Wildman–Crippen MR) is 86.3 cm³/mol. The minimum Gasteiger partial charge on any atom is -0.468 e. The zero-order valence-electron chi connectivity index (χ0n) is 13.4. The number of rotatable bonds is 3. The van der Waals surface area contributed by atoms with E-state index in [4.69, 9.17) is 4.74 Å². The number of hydrogen-bond donors (Lipinski definition) is 1. The Balaban J connectivity index is 2.40. The first-order valence-electron chi connectivity index (χ1n) is 7.49. The molecule has 1 atom stereocenters. The monoisotopic (exact) mass is 301 g/mol. The highest BCUT2D eigenvalue weighted by Crippen LogP contribution is 2.51. The number of carbonyl (C=O) groups excluding carboxylic acids is 2. The van der Waals surface area contributed by atoms with E-state index in [0.29, 0.717) is 17.7 Å². The van der Waals surface area contributed by atoms with E-state index in [1.54, 1.807) is 12.1 Å². The number of hydrogen-bond acceptors (Lipinski definition) is 3. The van der Waals surface area contributed by atoms with Crippen molar-refractivity contribution in [2.24, 2.45) is 10.8 Å². The van der Waals surface area contributed by atoms with Gasteiger partial charge in [-0.25, -0.2) is 0 Å². The number of para-hydroxylation sites is 1. The molecule has 0 radical (unpaired) electrons. The maximum Gasteiger partial charge on any atom is 0.325 e. The van der Waals surface area contributed by atoms with Gasteiger partial charge in [-0.1, -0.05) is 45.0 Å². The smallest absolute Gasteiger partial charge is 0.325 e. The van der Waals surface area contributed by atoms with Crippen molar-refractivity contribution < 1.29 is 14.3 Å². The van der Waals surface area contributed by atoms with Crippen LogP contribution in [-0.2, 0) is 14.3 Å². The zero-order chi connectivity index (χ0) is 16.4. The lowest BCUT2D eigenvalue weighted by Crippen LogP contribution is -2.50. The highest BCUT2D eigenvalue weighted by Gasteiger charge is 2.55. The highest BCUT2D eigenvalue weighted by atomic mass is 16.5. The number of amides is 1. The van der Waals surface area contributed by atoms with Gasteiger partial charge < -0.3 is 10.1 Å². The molecule has 0 aliphatic heterocycles. The van der Waals surface area contributed by atoms with Gasteiger partial charge in [0.15, 0.2) is 5.41 Å². The van der Waals surface area contributed by atoms with Gasteiger partial charge in [0.05, 0.1) is 7.11 Å². The SMILES string of the molecule is C=C1C(C)(C)CCC[C@@]1(C(=O)Nc1ccccc1)C(=O)OC. The standard InChI is InChI=1S/C18H23NO3/c1-13-17(2,3)11-8-12-18(13,16(21)22-4)15(20)19-14-9-6-5-7-10-14/h5-7,9-10H,1,8,11-12H2,2-4H3,(H,19,20)/t18-/m1/s1. The first-order chi connectivity index (χ1) is 10.3. The van der Waals surface area contributed by atoms with Gasteiger partial charge in [-0.2, -0.15) is 0 Å². The summed E-state index contributed by atoms with van der Waals surface area (Å²) in [5.41, 5.74) is -0.300. The number of anilines is 1. The molecule has 2 rings (SSSR count). The van der Waals surface area contributed by atoms with Gasteiger partial charge >= 0.3 is 5.97 Å². The molecule has 1 N–H and O–H groups in total. The normalized spacial score (nSPS) is 23.7. The Kier molecular flexibility index (Phi) is 4.40. The van der Waals surface area contributed by atoms with Gasteiger partial charge in [-0.15, -0.1) is 0 Å². The Bertz CT molecular complexity index is 592. The molecule has 1 aliphatic carbocycles. The molecule has 0 bridgehead atoms. The van der Waals surface area contributed by atoms with E-state index in [1.807, 2.05) is 32.0 Å². The van der Waals surface area contributed by atoms with Crippen LogP contribution in [0, 0.1) is 10.8 Å². The van der Waals surface area contributed by atoms with Crippen LogP contribution in [0.3, 0.4) is 0 Å². The number of nitrogens with one attached hydrogen (secondary N) is 1. The molecule has 4 nitrogen and oxygen atoms in total. The van der Waals surface area contributed by atoms with E-state index in [-0.39, 0.29) is 11.3 Å². The maximum absolute atomic E-state index is 12.9. The molecule has 118 valence electrons. The molecule has 1 aliphatic rings. The summed E-state index contributed by atoms with van der Waals surface area (Å²) in [5.74, 6) is -0.887. The molecule has 1 fully saturated rings. The van der Waals surface area contributed by atoms with Crippen LogP contribution in [0.4, 0.5) is 5.69 Å². The summed E-state index contributed by atoms with van der Waals surface area (Å²) in [6.07, 6.45) is 2.12. The summed E-state index contributed by atoms with van der Waals surface area (Å²) < 4.78 is 4.96. The third-order valence-electron chi connectivity index (χ3n) is 4.64. The average molecular weight is 301 g/mol. The number of benzene rings is 1. The first-order valence-corrected chi connectivity index (χ1v) is 7.49. The van der Waals surface area contributed by atoms with Gasteiger partial charge in [-0.3, -0.25) is 9.59 Å². The summed E-state index contributed by atoms with van der Waals surface area (Å²) in [6.45, 7) is 8.12. The van der Waals surface area contributed by atoms with Gasteiger partial charge in [0.2, 0.25) is 5.91 Å². The molecule has 1 saturated carbocycles. The first kappa shape index (κ1) is 16.3. The van der Waals surface area contributed by atoms with Gasteiger partial charge in [0.25, 0.3) is 0 Å². The molecular formula is C18H23NO3. The summed E-state index contributed by atoms with van der Waals surface area (Å²) in [7, 11) is 1.31. The number of ether oxygens (including phenoxy) is 1. The van der Waals surface area contributed by atoms with Crippen LogP contribution in [0.2, 0.25) is 0 Å². The van der Waals surface area contributed by atoms with Crippen LogP contribution >= 0.6 is 0 Å². The quantitative estimate of drug-likeness (QED) is 0.528. The lowest BCUT2D eigenvalue weighted by Gasteiger charge is -2.44. The Morgan fingerprint density at radius 3 is 2.41 bits per heavy atom. The van der Waals surface area contributed by atoms with Crippen molar-refractivity contribution >= 4 is 17.6 Å². The fourth-order valence-electron chi connectivity index (χ4n) is 3.18. The van der Waals surface area contributed by atoms with Crippen molar-refractivity contribution in [2.45, 2.75) is 33.1 Å². The summed E-state index contributed by atoms with van der Waals surface area (Å²) in [6, 6.07) is 9.12. The Morgan fingerprint density at radius 2 is 1.82 bits per heavy atom. The largest absolute Gasteiger partial charge is 0.468 e. The second-order valence-corrected chi connectivity index (χ2v) is 6.43.